The lowest BCUT2D eigenvalue weighted by Gasteiger charge is -2.40. The maximum absolute atomic E-state index is 6.33. The van der Waals surface area contributed by atoms with E-state index in [1.165, 1.54) is 0 Å². The van der Waals surface area contributed by atoms with Crippen molar-refractivity contribution in [2.24, 2.45) is 11.8 Å². The minimum atomic E-state index is -1.73. The predicted molar refractivity (Wildman–Crippen MR) is 86.3 cm³/mol. The van der Waals surface area contributed by atoms with Crippen molar-refractivity contribution in [3.63, 3.8) is 0 Å². The number of rotatable bonds is 5. The number of methoxy groups -OCH3 is 1. The average Bonchev–Trinajstić information content (AvgIpc) is 2.34. The second-order valence-corrected chi connectivity index (χ2v) is 12.4. The lowest BCUT2D eigenvalue weighted by Crippen LogP contribution is -2.46. The van der Waals surface area contributed by atoms with Crippen LogP contribution in [-0.4, -0.2) is 34.4 Å². The van der Waals surface area contributed by atoms with E-state index in [2.05, 4.69) is 53.8 Å². The van der Waals surface area contributed by atoms with Crippen LogP contribution in [0.3, 0.4) is 0 Å². The summed E-state index contributed by atoms with van der Waals surface area (Å²) in [4.78, 5) is 0. The molecule has 0 bridgehead atoms. The first-order valence-electron chi connectivity index (χ1n) is 7.59. The van der Waals surface area contributed by atoms with Crippen molar-refractivity contribution in [3.8, 4) is 0 Å². The van der Waals surface area contributed by atoms with E-state index in [-0.39, 0.29) is 17.4 Å². The lowest BCUT2D eigenvalue weighted by molar-refractivity contribution is -0.158. The van der Waals surface area contributed by atoms with Gasteiger partial charge in [-0.1, -0.05) is 40.7 Å². The summed E-state index contributed by atoms with van der Waals surface area (Å²) in [6, 6.07) is 0. The molecule has 0 N–H and O–H groups in total. The normalized spacial score (nSPS) is 28.1. The Labute approximate surface area is 125 Å². The van der Waals surface area contributed by atoms with Gasteiger partial charge in [-0.2, -0.15) is 0 Å². The molecule has 1 aliphatic heterocycles. The fourth-order valence-corrected chi connectivity index (χ4v) is 3.11. The van der Waals surface area contributed by atoms with E-state index < -0.39 is 8.32 Å². The Kier molecular flexibility index (Phi) is 6.02. The molecule has 0 aliphatic carbocycles. The van der Waals surface area contributed by atoms with Gasteiger partial charge in [-0.3, -0.25) is 0 Å². The van der Waals surface area contributed by atoms with Crippen LogP contribution in [0.1, 0.15) is 34.6 Å². The van der Waals surface area contributed by atoms with Gasteiger partial charge in [0.1, 0.15) is 0 Å². The van der Waals surface area contributed by atoms with E-state index in [9.17, 15) is 0 Å². The monoisotopic (exact) mass is 300 g/mol. The number of ether oxygens (including phenoxy) is 2. The Morgan fingerprint density at radius 1 is 1.20 bits per heavy atom. The highest BCUT2D eigenvalue weighted by molar-refractivity contribution is 6.74. The van der Waals surface area contributed by atoms with Gasteiger partial charge in [-0.25, -0.2) is 0 Å². The zero-order valence-corrected chi connectivity index (χ0v) is 15.4. The number of hydrogen-bond acceptors (Lipinski definition) is 3. The second kappa shape index (κ2) is 6.73. The van der Waals surface area contributed by atoms with Gasteiger partial charge in [-0.15, -0.1) is 0 Å². The fourth-order valence-electron chi connectivity index (χ4n) is 2.09. The highest BCUT2D eigenvalue weighted by atomic mass is 28.4. The van der Waals surface area contributed by atoms with Crippen LogP contribution in [-0.2, 0) is 13.9 Å². The maximum atomic E-state index is 6.33. The minimum absolute atomic E-state index is 0.0825. The molecule has 0 amide bonds. The van der Waals surface area contributed by atoms with Gasteiger partial charge in [-0.05, 0) is 30.1 Å². The van der Waals surface area contributed by atoms with E-state index >= 15 is 0 Å². The molecule has 0 saturated carbocycles. The third kappa shape index (κ3) is 4.42. The third-order valence-corrected chi connectivity index (χ3v) is 9.15. The lowest BCUT2D eigenvalue weighted by atomic mass is 9.89. The van der Waals surface area contributed by atoms with Crippen LogP contribution in [0.15, 0.2) is 12.2 Å². The molecular formula is C16H32O3Si. The molecular weight excluding hydrogens is 268 g/mol. The van der Waals surface area contributed by atoms with Crippen molar-refractivity contribution < 1.29 is 13.9 Å². The molecule has 3 atom stereocenters. The SMILES string of the molecule is CO[C@@H]1C=C[C@H](C(C)C)[C@@H](CO[Si](C)(C)C(C)(C)C)O1. The van der Waals surface area contributed by atoms with E-state index in [0.29, 0.717) is 18.4 Å². The summed E-state index contributed by atoms with van der Waals surface area (Å²) in [5.41, 5.74) is 0. The summed E-state index contributed by atoms with van der Waals surface area (Å²) in [7, 11) is -0.0533. The van der Waals surface area contributed by atoms with Crippen molar-refractivity contribution in [2.75, 3.05) is 13.7 Å². The van der Waals surface area contributed by atoms with E-state index in [0.717, 1.165) is 0 Å². The molecule has 0 aromatic rings. The van der Waals surface area contributed by atoms with E-state index in [4.69, 9.17) is 13.9 Å². The van der Waals surface area contributed by atoms with E-state index in [1.807, 2.05) is 6.08 Å². The molecule has 0 aromatic heterocycles. The molecule has 118 valence electrons. The van der Waals surface area contributed by atoms with Crippen molar-refractivity contribution in [2.45, 2.75) is 65.1 Å². The Balaban J connectivity index is 2.71. The molecule has 4 heteroatoms. The summed E-state index contributed by atoms with van der Waals surface area (Å²) in [6.45, 7) is 16.5. The van der Waals surface area contributed by atoms with Crippen LogP contribution in [0.25, 0.3) is 0 Å². The molecule has 1 aliphatic rings. The van der Waals surface area contributed by atoms with Gasteiger partial charge >= 0.3 is 0 Å². The van der Waals surface area contributed by atoms with Crippen LogP contribution in [0.5, 0.6) is 0 Å². The van der Waals surface area contributed by atoms with Gasteiger partial charge < -0.3 is 13.9 Å². The van der Waals surface area contributed by atoms with Crippen LogP contribution in [0.2, 0.25) is 18.1 Å². The Bertz CT molecular complexity index is 331. The van der Waals surface area contributed by atoms with Crippen molar-refractivity contribution in [1.29, 1.82) is 0 Å². The summed E-state index contributed by atoms with van der Waals surface area (Å²) in [6.07, 6.45) is 4.08. The summed E-state index contributed by atoms with van der Waals surface area (Å²) in [5, 5.41) is 0.228. The summed E-state index contributed by atoms with van der Waals surface area (Å²) < 4.78 is 17.6. The third-order valence-electron chi connectivity index (χ3n) is 4.65. The van der Waals surface area contributed by atoms with Gasteiger partial charge in [0, 0.05) is 13.0 Å². The highest BCUT2D eigenvalue weighted by Crippen LogP contribution is 2.37. The highest BCUT2D eigenvalue weighted by Gasteiger charge is 2.39. The Morgan fingerprint density at radius 3 is 2.25 bits per heavy atom. The summed E-state index contributed by atoms with van der Waals surface area (Å²) >= 11 is 0. The standard InChI is InChI=1S/C16H32O3Si/c1-12(2)13-9-10-15(17-6)19-14(13)11-18-20(7,8)16(3,4)5/h9-10,12-15H,11H2,1-8H3/t13-,14-,15+/m1/s1. The zero-order chi connectivity index (χ0) is 15.6. The van der Waals surface area contributed by atoms with Crippen LogP contribution < -0.4 is 0 Å². The van der Waals surface area contributed by atoms with Crippen molar-refractivity contribution >= 4 is 8.32 Å². The maximum Gasteiger partial charge on any atom is 0.192 e. The molecule has 0 aromatic carbocycles. The molecule has 0 spiro atoms. The van der Waals surface area contributed by atoms with Crippen LogP contribution in [0.4, 0.5) is 0 Å². The average molecular weight is 301 g/mol. The molecule has 20 heavy (non-hydrogen) atoms. The molecule has 1 heterocycles. The van der Waals surface area contributed by atoms with Gasteiger partial charge in [0.2, 0.25) is 0 Å². The largest absolute Gasteiger partial charge is 0.414 e. The van der Waals surface area contributed by atoms with Crippen LogP contribution >= 0.6 is 0 Å². The van der Waals surface area contributed by atoms with Gasteiger partial charge in [0.15, 0.2) is 14.6 Å². The summed E-state index contributed by atoms with van der Waals surface area (Å²) in [5.74, 6) is 0.934. The molecule has 0 unspecified atom stereocenters. The molecule has 0 fully saturated rings. The fraction of sp³-hybridized carbons (Fsp3) is 0.875. The molecule has 3 nitrogen and oxygen atoms in total. The first-order valence-corrected chi connectivity index (χ1v) is 10.5. The van der Waals surface area contributed by atoms with E-state index in [1.54, 1.807) is 7.11 Å². The number of hydrogen-bond donors (Lipinski definition) is 0. The zero-order valence-electron chi connectivity index (χ0n) is 14.4. The quantitative estimate of drug-likeness (QED) is 0.562. The smallest absolute Gasteiger partial charge is 0.192 e. The van der Waals surface area contributed by atoms with Gasteiger partial charge in [0.25, 0.3) is 0 Å². The molecule has 0 radical (unpaired) electrons. The second-order valence-electron chi connectivity index (χ2n) is 7.56. The van der Waals surface area contributed by atoms with Gasteiger partial charge in [0.05, 0.1) is 12.7 Å². The first-order chi connectivity index (χ1) is 9.08. The minimum Gasteiger partial charge on any atom is -0.414 e. The molecule has 0 saturated heterocycles. The van der Waals surface area contributed by atoms with Crippen LogP contribution in [0, 0.1) is 11.8 Å². The van der Waals surface area contributed by atoms with Crippen molar-refractivity contribution in [3.05, 3.63) is 12.2 Å². The first kappa shape index (κ1) is 17.9. The Hall–Kier alpha value is -0.163. The topological polar surface area (TPSA) is 27.7 Å². The predicted octanol–water partition coefficient (Wildman–Crippen LogP) is 4.21. The van der Waals surface area contributed by atoms with Crippen molar-refractivity contribution in [1.82, 2.24) is 0 Å². The Morgan fingerprint density at radius 2 is 1.80 bits per heavy atom. The molecule has 1 rings (SSSR count).